The second-order valence-electron chi connectivity index (χ2n) is 9.72. The van der Waals surface area contributed by atoms with Gasteiger partial charge in [-0.25, -0.2) is 14.4 Å². The molecule has 1 fully saturated rings. The summed E-state index contributed by atoms with van der Waals surface area (Å²) in [7, 11) is 4.00. The molecule has 0 bridgehead atoms. The fourth-order valence-corrected chi connectivity index (χ4v) is 5.33. The van der Waals surface area contributed by atoms with E-state index in [1.54, 1.807) is 18.3 Å². The maximum absolute atomic E-state index is 13.4. The van der Waals surface area contributed by atoms with Gasteiger partial charge in [0.05, 0.1) is 35.3 Å². The van der Waals surface area contributed by atoms with E-state index < -0.39 is 5.60 Å². The second kappa shape index (κ2) is 7.51. The van der Waals surface area contributed by atoms with Gasteiger partial charge < -0.3 is 19.5 Å². The van der Waals surface area contributed by atoms with E-state index in [2.05, 4.69) is 42.2 Å². The molecule has 0 radical (unpaired) electrons. The first kappa shape index (κ1) is 21.1. The van der Waals surface area contributed by atoms with Gasteiger partial charge in [-0.15, -0.1) is 0 Å². The standard InChI is InChI=1S/C26H27FN6O/c1-26(34)16-32(15-23(26)30(2)3)24-9-8-21-20(29-24)14-31-13-18(17-4-6-19(27)7-5-17)12-22(31)25-28-10-11-33(21)25/h4-13,23,34H,14-16H2,1-3H3/t23-,26-/m1/s1. The van der Waals surface area contributed by atoms with Crippen molar-refractivity contribution in [2.75, 3.05) is 32.1 Å². The molecular formula is C26H27FN6O. The molecule has 1 saturated heterocycles. The average molecular weight is 459 g/mol. The lowest BCUT2D eigenvalue weighted by atomic mass is 10.0. The Bertz CT molecular complexity index is 1370. The first-order chi connectivity index (χ1) is 16.3. The number of nitrogens with zero attached hydrogens (tertiary/aromatic N) is 6. The van der Waals surface area contributed by atoms with Gasteiger partial charge in [-0.1, -0.05) is 12.1 Å². The van der Waals surface area contributed by atoms with Crippen LogP contribution in [0.1, 0.15) is 12.6 Å². The molecule has 174 valence electrons. The zero-order chi connectivity index (χ0) is 23.6. The Hall–Kier alpha value is -3.49. The number of hydrogen-bond acceptors (Lipinski definition) is 5. The fraction of sp³-hybridized carbons (Fsp3) is 0.308. The molecule has 2 aliphatic rings. The van der Waals surface area contributed by atoms with E-state index in [4.69, 9.17) is 4.98 Å². The molecule has 6 rings (SSSR count). The molecule has 1 aromatic carbocycles. The van der Waals surface area contributed by atoms with Crippen molar-refractivity contribution in [2.45, 2.75) is 25.1 Å². The summed E-state index contributed by atoms with van der Waals surface area (Å²) in [4.78, 5) is 13.9. The molecule has 0 saturated carbocycles. The molecule has 8 heteroatoms. The van der Waals surface area contributed by atoms with E-state index in [-0.39, 0.29) is 11.9 Å². The molecule has 2 atom stereocenters. The maximum atomic E-state index is 13.4. The molecule has 2 aliphatic heterocycles. The van der Waals surface area contributed by atoms with Crippen molar-refractivity contribution < 1.29 is 9.50 Å². The summed E-state index contributed by atoms with van der Waals surface area (Å²) >= 11 is 0. The molecular weight excluding hydrogens is 431 g/mol. The molecule has 3 aromatic heterocycles. The van der Waals surface area contributed by atoms with Gasteiger partial charge in [0.15, 0.2) is 5.82 Å². The van der Waals surface area contributed by atoms with Gasteiger partial charge in [0.2, 0.25) is 0 Å². The van der Waals surface area contributed by atoms with Crippen LogP contribution in [0.3, 0.4) is 0 Å². The van der Waals surface area contributed by atoms with Crippen molar-refractivity contribution in [2.24, 2.45) is 0 Å². The molecule has 0 unspecified atom stereocenters. The van der Waals surface area contributed by atoms with Gasteiger partial charge in [-0.05, 0) is 56.9 Å². The van der Waals surface area contributed by atoms with Crippen LogP contribution in [0, 0.1) is 5.82 Å². The third-order valence-electron chi connectivity index (χ3n) is 7.03. The van der Waals surface area contributed by atoms with Crippen LogP contribution in [0.15, 0.2) is 61.1 Å². The lowest BCUT2D eigenvalue weighted by molar-refractivity contribution is 0.0186. The normalized spacial score (nSPS) is 21.4. The first-order valence-electron chi connectivity index (χ1n) is 11.4. The highest BCUT2D eigenvalue weighted by Crippen LogP contribution is 2.35. The van der Waals surface area contributed by atoms with Crippen LogP contribution >= 0.6 is 0 Å². The Morgan fingerprint density at radius 2 is 1.91 bits per heavy atom. The van der Waals surface area contributed by atoms with Crippen LogP contribution < -0.4 is 4.90 Å². The molecule has 4 aromatic rings. The number of imidazole rings is 1. The zero-order valence-electron chi connectivity index (χ0n) is 19.5. The fourth-order valence-electron chi connectivity index (χ4n) is 5.33. The number of benzene rings is 1. The van der Waals surface area contributed by atoms with Crippen molar-refractivity contribution in [3.63, 3.8) is 0 Å². The van der Waals surface area contributed by atoms with Gasteiger partial charge in [-0.3, -0.25) is 4.57 Å². The SMILES string of the molecule is CN(C)[C@@H]1CN(c2ccc3c(n2)Cn2cc(-c4ccc(F)cc4)cc2-c2nccn2-3)C[C@@]1(C)O. The van der Waals surface area contributed by atoms with Crippen molar-refractivity contribution in [3.8, 4) is 28.3 Å². The Labute approximate surface area is 197 Å². The van der Waals surface area contributed by atoms with Crippen molar-refractivity contribution >= 4 is 5.82 Å². The van der Waals surface area contributed by atoms with E-state index in [1.807, 2.05) is 33.3 Å². The smallest absolute Gasteiger partial charge is 0.161 e. The number of β-amino-alcohol motifs (C(OH)–C–C–N with tert-alkyl or cyclic N) is 1. The number of pyridine rings is 1. The number of fused-ring (bicyclic) bond motifs is 5. The maximum Gasteiger partial charge on any atom is 0.161 e. The lowest BCUT2D eigenvalue weighted by Gasteiger charge is -2.29. The van der Waals surface area contributed by atoms with Crippen LogP contribution in [-0.2, 0) is 6.54 Å². The van der Waals surface area contributed by atoms with Gasteiger partial charge in [-0.2, -0.15) is 0 Å². The number of halogens is 1. The third kappa shape index (κ3) is 3.33. The number of aliphatic hydroxyl groups is 1. The number of rotatable bonds is 3. The highest BCUT2D eigenvalue weighted by atomic mass is 19.1. The van der Waals surface area contributed by atoms with Crippen molar-refractivity contribution in [3.05, 3.63) is 72.6 Å². The minimum atomic E-state index is -0.812. The summed E-state index contributed by atoms with van der Waals surface area (Å²) < 4.78 is 17.7. The third-order valence-corrected chi connectivity index (χ3v) is 7.03. The Kier molecular flexibility index (Phi) is 4.65. The molecule has 0 aliphatic carbocycles. The largest absolute Gasteiger partial charge is 0.387 e. The van der Waals surface area contributed by atoms with Crippen molar-refractivity contribution in [1.82, 2.24) is 24.0 Å². The highest BCUT2D eigenvalue weighted by Gasteiger charge is 2.43. The topological polar surface area (TPSA) is 62.3 Å². The van der Waals surface area contributed by atoms with Crippen LogP contribution in [0.25, 0.3) is 28.3 Å². The van der Waals surface area contributed by atoms with E-state index >= 15 is 0 Å². The molecule has 1 N–H and O–H groups in total. The molecule has 5 heterocycles. The predicted octanol–water partition coefficient (Wildman–Crippen LogP) is 3.40. The minimum absolute atomic E-state index is 0.0303. The van der Waals surface area contributed by atoms with E-state index in [0.29, 0.717) is 19.6 Å². The minimum Gasteiger partial charge on any atom is -0.387 e. The Morgan fingerprint density at radius 1 is 1.12 bits per heavy atom. The number of anilines is 1. The van der Waals surface area contributed by atoms with Crippen LogP contribution in [0.2, 0.25) is 0 Å². The van der Waals surface area contributed by atoms with Crippen LogP contribution in [0.5, 0.6) is 0 Å². The summed E-state index contributed by atoms with van der Waals surface area (Å²) in [6.07, 6.45) is 5.83. The lowest BCUT2D eigenvalue weighted by Crippen LogP contribution is -2.46. The van der Waals surface area contributed by atoms with Crippen molar-refractivity contribution in [1.29, 1.82) is 0 Å². The first-order valence-corrected chi connectivity index (χ1v) is 11.4. The Morgan fingerprint density at radius 3 is 2.65 bits per heavy atom. The Balaban J connectivity index is 1.41. The molecule has 0 spiro atoms. The zero-order valence-corrected chi connectivity index (χ0v) is 19.5. The number of aromatic nitrogens is 4. The van der Waals surface area contributed by atoms with Gasteiger partial charge in [0.1, 0.15) is 11.6 Å². The number of likely N-dealkylation sites (N-methyl/N-ethyl adjacent to an activating group) is 1. The molecule has 0 amide bonds. The summed E-state index contributed by atoms with van der Waals surface area (Å²) in [6, 6.07) is 12.8. The van der Waals surface area contributed by atoms with E-state index in [9.17, 15) is 9.50 Å². The summed E-state index contributed by atoms with van der Waals surface area (Å²) in [5.74, 6) is 1.46. The molecule has 34 heavy (non-hydrogen) atoms. The van der Waals surface area contributed by atoms with Gasteiger partial charge in [0, 0.05) is 37.2 Å². The predicted molar refractivity (Wildman–Crippen MR) is 130 cm³/mol. The summed E-state index contributed by atoms with van der Waals surface area (Å²) in [6.45, 7) is 3.72. The van der Waals surface area contributed by atoms with E-state index in [1.165, 1.54) is 12.1 Å². The number of hydrogen-bond donors (Lipinski definition) is 1. The average Bonchev–Trinajstić information content (AvgIpc) is 3.49. The van der Waals surface area contributed by atoms with Gasteiger partial charge in [0.25, 0.3) is 0 Å². The summed E-state index contributed by atoms with van der Waals surface area (Å²) in [5.41, 5.74) is 4.07. The van der Waals surface area contributed by atoms with Gasteiger partial charge >= 0.3 is 0 Å². The monoisotopic (exact) mass is 458 g/mol. The summed E-state index contributed by atoms with van der Waals surface area (Å²) in [5, 5.41) is 10.9. The van der Waals surface area contributed by atoms with Crippen LogP contribution in [0.4, 0.5) is 10.2 Å². The molecule has 7 nitrogen and oxygen atoms in total. The quantitative estimate of drug-likeness (QED) is 0.449. The highest BCUT2D eigenvalue weighted by molar-refractivity contribution is 5.71. The van der Waals surface area contributed by atoms with E-state index in [0.717, 1.165) is 39.8 Å². The second-order valence-corrected chi connectivity index (χ2v) is 9.72. The van der Waals surface area contributed by atoms with Crippen LogP contribution in [-0.4, -0.2) is 67.9 Å².